The summed E-state index contributed by atoms with van der Waals surface area (Å²) in [6, 6.07) is 4.89. The van der Waals surface area contributed by atoms with Gasteiger partial charge in [0.1, 0.15) is 5.15 Å². The molecular formula is C12H10ClF3N2O. The van der Waals surface area contributed by atoms with E-state index in [2.05, 4.69) is 5.10 Å². The van der Waals surface area contributed by atoms with Crippen LogP contribution in [-0.2, 0) is 12.7 Å². The molecule has 0 aliphatic heterocycles. The molecule has 0 radical (unpaired) electrons. The number of aromatic amines is 1. The smallest absolute Gasteiger partial charge is 0.269 e. The van der Waals surface area contributed by atoms with Crippen LogP contribution in [0.1, 0.15) is 16.7 Å². The Hall–Kier alpha value is -1.69. The van der Waals surface area contributed by atoms with Crippen LogP contribution in [0, 0.1) is 6.92 Å². The first-order chi connectivity index (χ1) is 8.79. The van der Waals surface area contributed by atoms with Crippen LogP contribution >= 0.6 is 11.6 Å². The highest BCUT2D eigenvalue weighted by Crippen LogP contribution is 2.29. The molecule has 0 fully saturated rings. The number of nitrogens with one attached hydrogen (secondary N) is 1. The number of hydrogen-bond donors (Lipinski definition) is 1. The van der Waals surface area contributed by atoms with Crippen molar-refractivity contribution in [1.29, 1.82) is 0 Å². The van der Waals surface area contributed by atoms with E-state index in [0.717, 1.165) is 12.1 Å². The maximum atomic E-state index is 12.6. The van der Waals surface area contributed by atoms with Gasteiger partial charge >= 0.3 is 6.18 Å². The molecule has 0 aliphatic carbocycles. The van der Waals surface area contributed by atoms with Crippen LogP contribution < -0.4 is 5.56 Å². The van der Waals surface area contributed by atoms with Crippen molar-refractivity contribution >= 4 is 11.6 Å². The Morgan fingerprint density at radius 1 is 1.37 bits per heavy atom. The molecule has 0 aliphatic rings. The summed E-state index contributed by atoms with van der Waals surface area (Å²) in [6.45, 7) is 1.62. The highest BCUT2D eigenvalue weighted by atomic mass is 35.5. The lowest BCUT2D eigenvalue weighted by Crippen LogP contribution is -2.09. The minimum absolute atomic E-state index is 0.0752. The van der Waals surface area contributed by atoms with E-state index in [9.17, 15) is 18.0 Å². The third-order valence-corrected chi connectivity index (χ3v) is 3.21. The Bertz CT molecular complexity index is 658. The highest BCUT2D eigenvalue weighted by molar-refractivity contribution is 6.30. The molecule has 0 unspecified atom stereocenters. The topological polar surface area (TPSA) is 37.8 Å². The number of aromatic nitrogens is 2. The van der Waals surface area contributed by atoms with Crippen molar-refractivity contribution in [2.75, 3.05) is 0 Å². The molecule has 0 atom stereocenters. The predicted octanol–water partition coefficient (Wildman–Crippen LogP) is 3.21. The first kappa shape index (κ1) is 13.7. The fraction of sp³-hybridized carbons (Fsp3) is 0.250. The van der Waals surface area contributed by atoms with Gasteiger partial charge in [0.2, 0.25) is 0 Å². The molecule has 2 aromatic rings. The van der Waals surface area contributed by atoms with Crippen LogP contribution in [-0.4, -0.2) is 9.78 Å². The van der Waals surface area contributed by atoms with Crippen molar-refractivity contribution in [1.82, 2.24) is 9.78 Å². The van der Waals surface area contributed by atoms with E-state index < -0.39 is 11.7 Å². The van der Waals surface area contributed by atoms with Crippen LogP contribution in [0.5, 0.6) is 0 Å². The minimum Gasteiger partial charge on any atom is -0.269 e. The summed E-state index contributed by atoms with van der Waals surface area (Å²) in [4.78, 5) is 11.3. The van der Waals surface area contributed by atoms with Gasteiger partial charge in [-0.15, -0.1) is 0 Å². The van der Waals surface area contributed by atoms with Gasteiger partial charge in [0.15, 0.2) is 0 Å². The lowest BCUT2D eigenvalue weighted by atomic mass is 10.1. The van der Waals surface area contributed by atoms with Crippen LogP contribution in [0.4, 0.5) is 13.2 Å². The molecule has 19 heavy (non-hydrogen) atoms. The van der Waals surface area contributed by atoms with Crippen molar-refractivity contribution in [3.05, 3.63) is 56.5 Å². The molecule has 1 aromatic heterocycles. The van der Waals surface area contributed by atoms with Crippen LogP contribution in [0.2, 0.25) is 5.15 Å². The summed E-state index contributed by atoms with van der Waals surface area (Å²) in [6.07, 6.45) is -4.39. The first-order valence-electron chi connectivity index (χ1n) is 5.40. The number of alkyl halides is 3. The second-order valence-corrected chi connectivity index (χ2v) is 4.50. The molecule has 0 spiro atoms. The van der Waals surface area contributed by atoms with Gasteiger partial charge in [-0.2, -0.15) is 13.2 Å². The Morgan fingerprint density at radius 2 is 2.05 bits per heavy atom. The van der Waals surface area contributed by atoms with E-state index >= 15 is 0 Å². The van der Waals surface area contributed by atoms with Gasteiger partial charge in [-0.05, 0) is 24.6 Å². The largest absolute Gasteiger partial charge is 0.416 e. The Morgan fingerprint density at radius 3 is 2.58 bits per heavy atom. The van der Waals surface area contributed by atoms with Crippen LogP contribution in [0.25, 0.3) is 0 Å². The maximum absolute atomic E-state index is 12.6. The lowest BCUT2D eigenvalue weighted by molar-refractivity contribution is -0.137. The lowest BCUT2D eigenvalue weighted by Gasteiger charge is -2.09. The average Bonchev–Trinajstić information content (AvgIpc) is 2.56. The van der Waals surface area contributed by atoms with Crippen LogP contribution in [0.15, 0.2) is 29.1 Å². The number of rotatable bonds is 2. The SMILES string of the molecule is Cc1c(Cl)n(Cc2cccc(C(F)(F)F)c2)[nH]c1=O. The van der Waals surface area contributed by atoms with Gasteiger partial charge in [0, 0.05) is 0 Å². The summed E-state index contributed by atoms with van der Waals surface area (Å²) in [5.74, 6) is 0. The zero-order chi connectivity index (χ0) is 14.2. The minimum atomic E-state index is -4.39. The Labute approximate surface area is 111 Å². The van der Waals surface area contributed by atoms with E-state index in [0.29, 0.717) is 11.1 Å². The van der Waals surface area contributed by atoms with Gasteiger partial charge in [-0.3, -0.25) is 14.6 Å². The number of nitrogens with zero attached hydrogens (tertiary/aromatic N) is 1. The fourth-order valence-electron chi connectivity index (χ4n) is 1.69. The molecule has 0 bridgehead atoms. The molecule has 0 saturated carbocycles. The summed E-state index contributed by atoms with van der Waals surface area (Å²) in [5.41, 5.74) is -0.332. The maximum Gasteiger partial charge on any atom is 0.416 e. The fourth-order valence-corrected chi connectivity index (χ4v) is 1.88. The first-order valence-corrected chi connectivity index (χ1v) is 5.78. The molecule has 1 heterocycles. The molecule has 0 amide bonds. The standard InChI is InChI=1S/C12H10ClF3N2O/c1-7-10(13)18(17-11(7)19)6-8-3-2-4-9(5-8)12(14,15)16/h2-5H,6H2,1H3,(H,17,19). The van der Waals surface area contributed by atoms with Crippen molar-refractivity contribution < 1.29 is 13.2 Å². The van der Waals surface area contributed by atoms with Gasteiger partial charge in [0.25, 0.3) is 5.56 Å². The monoisotopic (exact) mass is 290 g/mol. The summed E-state index contributed by atoms with van der Waals surface area (Å²) < 4.78 is 39.0. The normalized spacial score (nSPS) is 11.8. The summed E-state index contributed by atoms with van der Waals surface area (Å²) >= 11 is 5.90. The number of halogens is 4. The zero-order valence-corrected chi connectivity index (χ0v) is 10.6. The quantitative estimate of drug-likeness (QED) is 0.906. The summed E-state index contributed by atoms with van der Waals surface area (Å²) in [7, 11) is 0. The van der Waals surface area contributed by atoms with E-state index in [4.69, 9.17) is 11.6 Å². The second-order valence-electron chi connectivity index (χ2n) is 4.14. The predicted molar refractivity (Wildman–Crippen MR) is 65.3 cm³/mol. The van der Waals surface area contributed by atoms with E-state index in [1.54, 1.807) is 13.0 Å². The van der Waals surface area contributed by atoms with E-state index in [-0.39, 0.29) is 17.3 Å². The van der Waals surface area contributed by atoms with Gasteiger partial charge in [-0.25, -0.2) is 0 Å². The van der Waals surface area contributed by atoms with Gasteiger partial charge < -0.3 is 0 Å². The zero-order valence-electron chi connectivity index (χ0n) is 9.88. The van der Waals surface area contributed by atoms with Gasteiger partial charge in [0.05, 0.1) is 17.7 Å². The highest BCUT2D eigenvalue weighted by Gasteiger charge is 2.30. The molecule has 3 nitrogen and oxygen atoms in total. The number of benzene rings is 1. The van der Waals surface area contributed by atoms with E-state index in [1.807, 2.05) is 0 Å². The molecular weight excluding hydrogens is 281 g/mol. The molecule has 1 aromatic carbocycles. The molecule has 1 N–H and O–H groups in total. The number of H-pyrrole nitrogens is 1. The molecule has 102 valence electrons. The van der Waals surface area contributed by atoms with Crippen molar-refractivity contribution in [2.45, 2.75) is 19.6 Å². The molecule has 2 rings (SSSR count). The Balaban J connectivity index is 2.34. The van der Waals surface area contributed by atoms with Crippen molar-refractivity contribution in [3.63, 3.8) is 0 Å². The molecule has 7 heteroatoms. The van der Waals surface area contributed by atoms with Crippen LogP contribution in [0.3, 0.4) is 0 Å². The second kappa shape index (κ2) is 4.77. The van der Waals surface area contributed by atoms with E-state index in [1.165, 1.54) is 10.7 Å². The van der Waals surface area contributed by atoms with Gasteiger partial charge in [-0.1, -0.05) is 23.7 Å². The summed E-state index contributed by atoms with van der Waals surface area (Å²) in [5, 5.41) is 2.66. The Kier molecular flexibility index (Phi) is 3.45. The third kappa shape index (κ3) is 2.84. The average molecular weight is 291 g/mol. The van der Waals surface area contributed by atoms with Crippen molar-refractivity contribution in [3.8, 4) is 0 Å². The number of hydrogen-bond acceptors (Lipinski definition) is 1. The molecule has 0 saturated heterocycles. The third-order valence-electron chi connectivity index (χ3n) is 2.72. The van der Waals surface area contributed by atoms with Crippen molar-refractivity contribution in [2.24, 2.45) is 0 Å².